The summed E-state index contributed by atoms with van der Waals surface area (Å²) in [5.74, 6) is -1.16. The van der Waals surface area contributed by atoms with Gasteiger partial charge in [0, 0.05) is 50.0 Å². The Balaban J connectivity index is 1.37. The Morgan fingerprint density at radius 2 is 1.43 bits per heavy atom. The Morgan fingerprint density at radius 1 is 0.857 bits per heavy atom. The van der Waals surface area contributed by atoms with E-state index in [1.165, 1.54) is 23.4 Å². The van der Waals surface area contributed by atoms with E-state index in [-0.39, 0.29) is 35.6 Å². The van der Waals surface area contributed by atoms with Crippen molar-refractivity contribution in [1.29, 1.82) is 0 Å². The van der Waals surface area contributed by atoms with E-state index in [4.69, 9.17) is 0 Å². The van der Waals surface area contributed by atoms with Gasteiger partial charge in [0.1, 0.15) is 0 Å². The molecular formula is C25H30N4O5S. The standard InChI is InChI=1S/C25H30N4O5S/c1-18(30)26-20-6-10-22(11-7-20)29-17-19(16-24(29)31)25(32)27-21-8-12-23(13-9-21)35(33,34)28-14-4-2-3-5-15-28/h6-13,19H,2-5,14-17H2,1H3,(H,26,30)(H,27,32). The van der Waals surface area contributed by atoms with Crippen LogP contribution in [0.4, 0.5) is 17.1 Å². The molecule has 2 fully saturated rings. The number of nitrogens with one attached hydrogen (secondary N) is 2. The fourth-order valence-electron chi connectivity index (χ4n) is 4.45. The van der Waals surface area contributed by atoms with Gasteiger partial charge in [0.2, 0.25) is 27.7 Å². The SMILES string of the molecule is CC(=O)Nc1ccc(N2CC(C(=O)Nc3ccc(S(=O)(=O)N4CCCCCC4)cc3)CC2=O)cc1. The van der Waals surface area contributed by atoms with Gasteiger partial charge in [0.05, 0.1) is 10.8 Å². The molecule has 4 rings (SSSR count). The molecule has 2 aromatic rings. The predicted molar refractivity (Wildman–Crippen MR) is 134 cm³/mol. The minimum absolute atomic E-state index is 0.0840. The highest BCUT2D eigenvalue weighted by atomic mass is 32.2. The fourth-order valence-corrected chi connectivity index (χ4v) is 5.96. The number of hydrogen-bond acceptors (Lipinski definition) is 5. The van der Waals surface area contributed by atoms with Gasteiger partial charge in [-0.15, -0.1) is 0 Å². The van der Waals surface area contributed by atoms with Gasteiger partial charge in [-0.3, -0.25) is 14.4 Å². The summed E-state index contributed by atoms with van der Waals surface area (Å²) in [5.41, 5.74) is 1.77. The molecule has 2 aliphatic heterocycles. The molecule has 186 valence electrons. The van der Waals surface area contributed by atoms with E-state index in [1.807, 2.05) is 0 Å². The second-order valence-electron chi connectivity index (χ2n) is 8.97. The van der Waals surface area contributed by atoms with E-state index in [0.717, 1.165) is 25.7 Å². The van der Waals surface area contributed by atoms with Crippen molar-refractivity contribution in [2.45, 2.75) is 43.9 Å². The molecule has 0 saturated carbocycles. The molecule has 2 heterocycles. The first-order valence-corrected chi connectivity index (χ1v) is 13.3. The second kappa shape index (κ2) is 10.6. The summed E-state index contributed by atoms with van der Waals surface area (Å²) in [5, 5.41) is 5.48. The van der Waals surface area contributed by atoms with E-state index in [1.54, 1.807) is 41.3 Å². The number of hydrogen-bond donors (Lipinski definition) is 2. The zero-order chi connectivity index (χ0) is 25.0. The van der Waals surface area contributed by atoms with Crippen LogP contribution in [0.5, 0.6) is 0 Å². The minimum atomic E-state index is -3.56. The molecule has 0 aromatic heterocycles. The third kappa shape index (κ3) is 5.88. The predicted octanol–water partition coefficient (Wildman–Crippen LogP) is 3.20. The lowest BCUT2D eigenvalue weighted by atomic mass is 10.1. The first kappa shape index (κ1) is 24.9. The third-order valence-electron chi connectivity index (χ3n) is 6.32. The molecule has 2 aromatic carbocycles. The molecule has 2 N–H and O–H groups in total. The lowest BCUT2D eigenvalue weighted by molar-refractivity contribution is -0.122. The van der Waals surface area contributed by atoms with Crippen LogP contribution in [0.3, 0.4) is 0 Å². The molecule has 0 bridgehead atoms. The van der Waals surface area contributed by atoms with Gasteiger partial charge < -0.3 is 15.5 Å². The molecule has 2 aliphatic rings. The molecule has 0 aliphatic carbocycles. The number of carbonyl (C=O) groups is 3. The first-order valence-electron chi connectivity index (χ1n) is 11.8. The topological polar surface area (TPSA) is 116 Å². The monoisotopic (exact) mass is 498 g/mol. The summed E-state index contributed by atoms with van der Waals surface area (Å²) >= 11 is 0. The number of anilines is 3. The molecule has 0 spiro atoms. The van der Waals surface area contributed by atoms with Gasteiger partial charge in [-0.25, -0.2) is 8.42 Å². The average Bonchev–Trinajstić information content (AvgIpc) is 3.03. The van der Waals surface area contributed by atoms with Gasteiger partial charge in [0.15, 0.2) is 0 Å². The molecule has 0 radical (unpaired) electrons. The van der Waals surface area contributed by atoms with E-state index in [0.29, 0.717) is 30.2 Å². The lowest BCUT2D eigenvalue weighted by Gasteiger charge is -2.20. The van der Waals surface area contributed by atoms with Gasteiger partial charge in [-0.1, -0.05) is 12.8 Å². The van der Waals surface area contributed by atoms with Crippen molar-refractivity contribution in [3.63, 3.8) is 0 Å². The molecule has 1 atom stereocenters. The summed E-state index contributed by atoms with van der Waals surface area (Å²) in [7, 11) is -3.56. The maximum atomic E-state index is 12.9. The van der Waals surface area contributed by atoms with Crippen molar-refractivity contribution in [2.24, 2.45) is 5.92 Å². The molecule has 35 heavy (non-hydrogen) atoms. The van der Waals surface area contributed by atoms with Crippen LogP contribution in [0.15, 0.2) is 53.4 Å². The van der Waals surface area contributed by atoms with Crippen LogP contribution in [0.2, 0.25) is 0 Å². The smallest absolute Gasteiger partial charge is 0.243 e. The van der Waals surface area contributed by atoms with E-state index in [9.17, 15) is 22.8 Å². The Hall–Kier alpha value is -3.24. The van der Waals surface area contributed by atoms with Gasteiger partial charge in [-0.2, -0.15) is 4.31 Å². The zero-order valence-corrected chi connectivity index (χ0v) is 20.5. The van der Waals surface area contributed by atoms with Crippen molar-refractivity contribution in [1.82, 2.24) is 4.31 Å². The van der Waals surface area contributed by atoms with Crippen LogP contribution < -0.4 is 15.5 Å². The van der Waals surface area contributed by atoms with Crippen LogP contribution in [-0.2, 0) is 24.4 Å². The van der Waals surface area contributed by atoms with Crippen molar-refractivity contribution < 1.29 is 22.8 Å². The number of amides is 3. The maximum Gasteiger partial charge on any atom is 0.243 e. The second-order valence-corrected chi connectivity index (χ2v) is 10.9. The molecule has 10 heteroatoms. The third-order valence-corrected chi connectivity index (χ3v) is 8.23. The maximum absolute atomic E-state index is 12.9. The molecule has 3 amide bonds. The normalized spacial score (nSPS) is 19.3. The summed E-state index contributed by atoms with van der Waals surface area (Å²) in [6.45, 7) is 2.72. The van der Waals surface area contributed by atoms with Crippen LogP contribution in [0.25, 0.3) is 0 Å². The number of rotatable bonds is 6. The summed E-state index contributed by atoms with van der Waals surface area (Å²) in [6.07, 6.45) is 3.90. The number of sulfonamides is 1. The minimum Gasteiger partial charge on any atom is -0.326 e. The summed E-state index contributed by atoms with van der Waals surface area (Å²) in [4.78, 5) is 38.3. The Bertz CT molecular complexity index is 1190. The van der Waals surface area contributed by atoms with E-state index < -0.39 is 15.9 Å². The molecule has 2 saturated heterocycles. The molecule has 1 unspecified atom stereocenters. The highest BCUT2D eigenvalue weighted by Crippen LogP contribution is 2.28. The van der Waals surface area contributed by atoms with Crippen molar-refractivity contribution >= 4 is 44.8 Å². The number of benzene rings is 2. The largest absolute Gasteiger partial charge is 0.326 e. The van der Waals surface area contributed by atoms with Crippen LogP contribution in [0.1, 0.15) is 39.0 Å². The highest BCUT2D eigenvalue weighted by Gasteiger charge is 2.35. The van der Waals surface area contributed by atoms with Crippen LogP contribution in [0, 0.1) is 5.92 Å². The van der Waals surface area contributed by atoms with Crippen LogP contribution in [-0.4, -0.2) is 50.1 Å². The lowest BCUT2D eigenvalue weighted by Crippen LogP contribution is -2.32. The fraction of sp³-hybridized carbons (Fsp3) is 0.400. The Morgan fingerprint density at radius 3 is 2.03 bits per heavy atom. The zero-order valence-electron chi connectivity index (χ0n) is 19.7. The summed E-state index contributed by atoms with van der Waals surface area (Å²) < 4.78 is 27.4. The molecular weight excluding hydrogens is 468 g/mol. The van der Waals surface area contributed by atoms with Crippen molar-refractivity contribution in [3.8, 4) is 0 Å². The van der Waals surface area contributed by atoms with Gasteiger partial charge in [0.25, 0.3) is 0 Å². The van der Waals surface area contributed by atoms with Gasteiger partial charge >= 0.3 is 0 Å². The summed E-state index contributed by atoms with van der Waals surface area (Å²) in [6, 6.07) is 13.1. The molecule has 9 nitrogen and oxygen atoms in total. The number of carbonyl (C=O) groups excluding carboxylic acids is 3. The number of nitrogens with zero attached hydrogens (tertiary/aromatic N) is 2. The first-order chi connectivity index (χ1) is 16.7. The Kier molecular flexibility index (Phi) is 7.51. The highest BCUT2D eigenvalue weighted by molar-refractivity contribution is 7.89. The average molecular weight is 499 g/mol. The van der Waals surface area contributed by atoms with Crippen LogP contribution >= 0.6 is 0 Å². The quantitative estimate of drug-likeness (QED) is 0.635. The van der Waals surface area contributed by atoms with Crippen molar-refractivity contribution in [2.75, 3.05) is 35.2 Å². The van der Waals surface area contributed by atoms with Crippen molar-refractivity contribution in [3.05, 3.63) is 48.5 Å². The van der Waals surface area contributed by atoms with Gasteiger partial charge in [-0.05, 0) is 61.4 Å². The van der Waals surface area contributed by atoms with E-state index >= 15 is 0 Å². The van der Waals surface area contributed by atoms with E-state index in [2.05, 4.69) is 10.6 Å². The Labute approximate surface area is 205 Å².